The number of rotatable bonds is 4. The van der Waals surface area contributed by atoms with E-state index in [1.807, 2.05) is 49.4 Å². The number of nitrogens with one attached hydrogen (secondary N) is 1. The van der Waals surface area contributed by atoms with Crippen LogP contribution in [0.2, 0.25) is 0 Å². The lowest BCUT2D eigenvalue weighted by atomic mass is 10.1. The molecule has 0 heterocycles. The van der Waals surface area contributed by atoms with Crippen molar-refractivity contribution in [2.45, 2.75) is 19.4 Å². The summed E-state index contributed by atoms with van der Waals surface area (Å²) in [7, 11) is 0. The molecule has 94 valence electrons. The van der Waals surface area contributed by atoms with Crippen LogP contribution in [0.25, 0.3) is 10.8 Å². The van der Waals surface area contributed by atoms with Crippen molar-refractivity contribution in [3.05, 3.63) is 42.5 Å². The van der Waals surface area contributed by atoms with Gasteiger partial charge in [-0.05, 0) is 17.9 Å². The summed E-state index contributed by atoms with van der Waals surface area (Å²) < 4.78 is 5.74. The van der Waals surface area contributed by atoms with Crippen LogP contribution in [0.4, 0.5) is 0 Å². The number of nitrogens with two attached hydrogens (primary N) is 1. The van der Waals surface area contributed by atoms with E-state index in [1.165, 1.54) is 0 Å². The number of hydrogen-bond acceptors (Lipinski definition) is 3. The van der Waals surface area contributed by atoms with Gasteiger partial charge in [-0.2, -0.15) is 0 Å². The Morgan fingerprint density at radius 2 is 2.00 bits per heavy atom. The zero-order valence-corrected chi connectivity index (χ0v) is 10.2. The van der Waals surface area contributed by atoms with Gasteiger partial charge in [0.15, 0.2) is 6.10 Å². The Morgan fingerprint density at radius 1 is 1.28 bits per heavy atom. The van der Waals surface area contributed by atoms with Gasteiger partial charge in [-0.25, -0.2) is 5.84 Å². The number of carbonyl (C=O) groups is 1. The second kappa shape index (κ2) is 5.51. The summed E-state index contributed by atoms with van der Waals surface area (Å²) in [4.78, 5) is 11.5. The zero-order valence-electron chi connectivity index (χ0n) is 10.2. The van der Waals surface area contributed by atoms with Crippen LogP contribution in [-0.4, -0.2) is 12.0 Å². The Bertz CT molecular complexity index is 549. The molecule has 0 aromatic heterocycles. The molecule has 3 N–H and O–H groups in total. The average Bonchev–Trinajstić information content (AvgIpc) is 2.44. The standard InChI is InChI=1S/C14H16N2O2/c1-2-12(14(17)16-15)18-13-9-5-7-10-6-3-4-8-11(10)13/h3-9,12H,2,15H2,1H3,(H,16,17). The van der Waals surface area contributed by atoms with E-state index in [-0.39, 0.29) is 5.91 Å². The Morgan fingerprint density at radius 3 is 2.72 bits per heavy atom. The van der Waals surface area contributed by atoms with E-state index in [4.69, 9.17) is 10.6 Å². The Labute approximate surface area is 106 Å². The number of hydrogen-bond donors (Lipinski definition) is 2. The van der Waals surface area contributed by atoms with E-state index in [1.54, 1.807) is 0 Å². The highest BCUT2D eigenvalue weighted by molar-refractivity contribution is 5.89. The minimum atomic E-state index is -0.569. The van der Waals surface area contributed by atoms with Crippen LogP contribution in [0, 0.1) is 0 Å². The fourth-order valence-electron chi connectivity index (χ4n) is 1.87. The van der Waals surface area contributed by atoms with Crippen molar-refractivity contribution in [1.82, 2.24) is 5.43 Å². The topological polar surface area (TPSA) is 64.3 Å². The molecule has 2 aromatic carbocycles. The lowest BCUT2D eigenvalue weighted by molar-refractivity contribution is -0.128. The highest BCUT2D eigenvalue weighted by Crippen LogP contribution is 2.26. The number of hydrazine groups is 1. The van der Waals surface area contributed by atoms with Gasteiger partial charge in [0.1, 0.15) is 5.75 Å². The van der Waals surface area contributed by atoms with Crippen molar-refractivity contribution in [2.75, 3.05) is 0 Å². The molecule has 1 unspecified atom stereocenters. The fourth-order valence-corrected chi connectivity index (χ4v) is 1.87. The molecule has 0 saturated heterocycles. The van der Waals surface area contributed by atoms with Crippen LogP contribution in [0.1, 0.15) is 13.3 Å². The van der Waals surface area contributed by atoms with Gasteiger partial charge in [0, 0.05) is 5.39 Å². The highest BCUT2D eigenvalue weighted by atomic mass is 16.5. The van der Waals surface area contributed by atoms with Crippen molar-refractivity contribution in [3.63, 3.8) is 0 Å². The first-order valence-corrected chi connectivity index (χ1v) is 5.91. The van der Waals surface area contributed by atoms with Gasteiger partial charge >= 0.3 is 0 Å². The van der Waals surface area contributed by atoms with E-state index in [0.717, 1.165) is 10.8 Å². The van der Waals surface area contributed by atoms with Crippen LogP contribution in [0.3, 0.4) is 0 Å². The van der Waals surface area contributed by atoms with Gasteiger partial charge in [0.05, 0.1) is 0 Å². The predicted molar refractivity (Wildman–Crippen MR) is 71.0 cm³/mol. The summed E-state index contributed by atoms with van der Waals surface area (Å²) in [6.07, 6.45) is -0.00694. The molecule has 4 nitrogen and oxygen atoms in total. The molecular weight excluding hydrogens is 228 g/mol. The third-order valence-corrected chi connectivity index (χ3v) is 2.82. The normalized spacial score (nSPS) is 12.1. The van der Waals surface area contributed by atoms with Gasteiger partial charge in [-0.1, -0.05) is 43.3 Å². The maximum atomic E-state index is 11.5. The monoisotopic (exact) mass is 244 g/mol. The van der Waals surface area contributed by atoms with Crippen molar-refractivity contribution in [2.24, 2.45) is 5.84 Å². The number of amides is 1. The molecule has 0 spiro atoms. The van der Waals surface area contributed by atoms with Gasteiger partial charge in [-0.3, -0.25) is 10.2 Å². The van der Waals surface area contributed by atoms with Crippen LogP contribution in [-0.2, 0) is 4.79 Å². The first kappa shape index (κ1) is 12.4. The number of carbonyl (C=O) groups excluding carboxylic acids is 1. The minimum absolute atomic E-state index is 0.314. The Kier molecular flexibility index (Phi) is 3.79. The van der Waals surface area contributed by atoms with E-state index in [2.05, 4.69) is 5.43 Å². The van der Waals surface area contributed by atoms with Crippen LogP contribution < -0.4 is 16.0 Å². The van der Waals surface area contributed by atoms with Gasteiger partial charge < -0.3 is 4.74 Å². The van der Waals surface area contributed by atoms with E-state index >= 15 is 0 Å². The predicted octanol–water partition coefficient (Wildman–Crippen LogP) is 1.99. The molecule has 0 fully saturated rings. The van der Waals surface area contributed by atoms with Crippen molar-refractivity contribution in [1.29, 1.82) is 0 Å². The molecule has 1 amide bonds. The Balaban J connectivity index is 2.33. The molecule has 18 heavy (non-hydrogen) atoms. The largest absolute Gasteiger partial charge is 0.480 e. The summed E-state index contributed by atoms with van der Waals surface area (Å²) in [5.41, 5.74) is 2.12. The fraction of sp³-hybridized carbons (Fsp3) is 0.214. The highest BCUT2D eigenvalue weighted by Gasteiger charge is 2.17. The summed E-state index contributed by atoms with van der Waals surface area (Å²) in [5, 5.41) is 2.07. The van der Waals surface area contributed by atoms with E-state index < -0.39 is 6.10 Å². The van der Waals surface area contributed by atoms with Gasteiger partial charge in [-0.15, -0.1) is 0 Å². The molecule has 0 saturated carbocycles. The SMILES string of the molecule is CCC(Oc1cccc2ccccc12)C(=O)NN. The van der Waals surface area contributed by atoms with Crippen LogP contribution in [0.5, 0.6) is 5.75 Å². The molecule has 0 aliphatic carbocycles. The van der Waals surface area contributed by atoms with Crippen molar-refractivity contribution >= 4 is 16.7 Å². The average molecular weight is 244 g/mol. The minimum Gasteiger partial charge on any atom is -0.480 e. The summed E-state index contributed by atoms with van der Waals surface area (Å²) >= 11 is 0. The molecule has 0 radical (unpaired) electrons. The van der Waals surface area contributed by atoms with Crippen LogP contribution >= 0.6 is 0 Å². The third kappa shape index (κ3) is 2.43. The second-order valence-corrected chi connectivity index (χ2v) is 4.00. The molecule has 1 atom stereocenters. The second-order valence-electron chi connectivity index (χ2n) is 4.00. The Hall–Kier alpha value is -2.07. The quantitative estimate of drug-likeness (QED) is 0.491. The van der Waals surface area contributed by atoms with Gasteiger partial charge in [0.2, 0.25) is 0 Å². The maximum Gasteiger partial charge on any atom is 0.274 e. The number of benzene rings is 2. The number of fused-ring (bicyclic) bond motifs is 1. The smallest absolute Gasteiger partial charge is 0.274 e. The van der Waals surface area contributed by atoms with Crippen LogP contribution in [0.15, 0.2) is 42.5 Å². The third-order valence-electron chi connectivity index (χ3n) is 2.82. The zero-order chi connectivity index (χ0) is 13.0. The number of ether oxygens (including phenoxy) is 1. The van der Waals surface area contributed by atoms with E-state index in [9.17, 15) is 4.79 Å². The van der Waals surface area contributed by atoms with Crippen molar-refractivity contribution < 1.29 is 9.53 Å². The van der Waals surface area contributed by atoms with E-state index in [0.29, 0.717) is 12.2 Å². The summed E-state index contributed by atoms with van der Waals surface area (Å²) in [6, 6.07) is 13.7. The molecule has 2 rings (SSSR count). The summed E-state index contributed by atoms with van der Waals surface area (Å²) in [6.45, 7) is 1.88. The summed E-state index contributed by atoms with van der Waals surface area (Å²) in [5.74, 6) is 5.52. The molecule has 0 aliphatic heterocycles. The molecule has 2 aromatic rings. The molecule has 4 heteroatoms. The first-order chi connectivity index (χ1) is 8.76. The molecule has 0 aliphatic rings. The van der Waals surface area contributed by atoms with Crippen molar-refractivity contribution in [3.8, 4) is 5.75 Å². The molecular formula is C14H16N2O2. The lowest BCUT2D eigenvalue weighted by Gasteiger charge is -2.17. The maximum absolute atomic E-state index is 11.5. The lowest BCUT2D eigenvalue weighted by Crippen LogP contribution is -2.41. The van der Waals surface area contributed by atoms with Gasteiger partial charge in [0.25, 0.3) is 5.91 Å². The first-order valence-electron chi connectivity index (χ1n) is 5.91. The molecule has 0 bridgehead atoms.